The van der Waals surface area contributed by atoms with Gasteiger partial charge in [0.05, 0.1) is 5.69 Å². The van der Waals surface area contributed by atoms with Crippen molar-refractivity contribution in [3.05, 3.63) is 212 Å². The molecule has 2 heteroatoms. The van der Waals surface area contributed by atoms with E-state index in [1.54, 1.807) is 0 Å². The molecule has 0 aliphatic rings. The Hall–Kier alpha value is -7.00. The normalized spacial score (nSPS) is 11.6. The van der Waals surface area contributed by atoms with Crippen molar-refractivity contribution >= 4 is 80.9 Å². The molecule has 0 aliphatic heterocycles. The van der Waals surface area contributed by atoms with Crippen molar-refractivity contribution in [1.29, 1.82) is 0 Å². The Kier molecular flexibility index (Phi) is 7.75. The quantitative estimate of drug-likeness (QED) is 0.154. The molecule has 0 aliphatic carbocycles. The van der Waals surface area contributed by atoms with Crippen molar-refractivity contribution in [3.8, 4) is 33.4 Å². The predicted molar refractivity (Wildman–Crippen MR) is 243 cm³/mol. The third-order valence-electron chi connectivity index (χ3n) is 11.3. The summed E-state index contributed by atoms with van der Waals surface area (Å²) in [4.78, 5) is 2.41. The fraction of sp³-hybridized carbons (Fsp3) is 0. The third-order valence-corrected chi connectivity index (χ3v) is 12.5. The molecule has 11 aromatic rings. The highest BCUT2D eigenvalue weighted by Crippen LogP contribution is 2.45. The molecule has 0 spiro atoms. The smallest absolute Gasteiger partial charge is 0.0540 e. The molecule has 0 amide bonds. The molecule has 0 radical (unpaired) electrons. The van der Waals surface area contributed by atoms with Crippen molar-refractivity contribution in [3.63, 3.8) is 0 Å². The lowest BCUT2D eigenvalue weighted by molar-refractivity contribution is 1.28. The molecule has 11 rings (SSSR count). The average molecular weight is 730 g/mol. The Bertz CT molecular complexity index is 3250. The van der Waals surface area contributed by atoms with Crippen LogP contribution in [0.5, 0.6) is 0 Å². The molecule has 0 saturated heterocycles. The fourth-order valence-electron chi connectivity index (χ4n) is 8.54. The molecule has 262 valence electrons. The van der Waals surface area contributed by atoms with Crippen LogP contribution in [-0.2, 0) is 0 Å². The van der Waals surface area contributed by atoms with Crippen molar-refractivity contribution in [2.45, 2.75) is 0 Å². The van der Waals surface area contributed by atoms with Crippen LogP contribution < -0.4 is 4.90 Å². The topological polar surface area (TPSA) is 3.24 Å². The van der Waals surface area contributed by atoms with Crippen LogP contribution in [0.25, 0.3) is 85.9 Å². The van der Waals surface area contributed by atoms with Gasteiger partial charge in [-0.15, -0.1) is 11.3 Å². The first-order valence-corrected chi connectivity index (χ1v) is 20.0. The van der Waals surface area contributed by atoms with E-state index < -0.39 is 0 Å². The molecule has 1 aromatic heterocycles. The third kappa shape index (κ3) is 5.46. The van der Waals surface area contributed by atoms with E-state index in [0.29, 0.717) is 0 Å². The van der Waals surface area contributed by atoms with Crippen molar-refractivity contribution in [2.75, 3.05) is 4.90 Å². The average Bonchev–Trinajstić information content (AvgIpc) is 3.66. The Morgan fingerprint density at radius 3 is 1.64 bits per heavy atom. The minimum Gasteiger partial charge on any atom is -0.310 e. The number of hydrogen-bond donors (Lipinski definition) is 0. The molecule has 0 fully saturated rings. The SMILES string of the molecule is c1ccc(N(c2ccc(-c3cc4ccccc4c4ccccc34)cc2)c2ccc(-c3cccc4c3sc3ccccc34)cc2)c(-c2ccc3ccccc3c2)c1. The second kappa shape index (κ2) is 13.4. The number of thiophene rings is 1. The molecule has 0 unspecified atom stereocenters. The number of nitrogens with zero attached hydrogens (tertiary/aromatic N) is 1. The van der Waals surface area contributed by atoms with Gasteiger partial charge in [-0.2, -0.15) is 0 Å². The molecule has 0 N–H and O–H groups in total. The van der Waals surface area contributed by atoms with Gasteiger partial charge in [0.1, 0.15) is 0 Å². The standard InChI is InChI=1S/C54H35NS/c1-2-13-39-34-41(25-24-36(39)12-1)45-16-7-9-22-52(45)55(42-30-26-37(27-31-42)46-20-11-21-50-49-19-8-10-23-53(49)56-54(46)50)43-32-28-38(29-33-43)51-35-40-14-3-4-15-44(40)47-17-5-6-18-48(47)51/h1-35H. The molecular weight excluding hydrogens is 695 g/mol. The van der Waals surface area contributed by atoms with Gasteiger partial charge >= 0.3 is 0 Å². The van der Waals surface area contributed by atoms with Crippen molar-refractivity contribution in [2.24, 2.45) is 0 Å². The van der Waals surface area contributed by atoms with Gasteiger partial charge < -0.3 is 4.90 Å². The van der Waals surface area contributed by atoms with Crippen LogP contribution in [0.3, 0.4) is 0 Å². The summed E-state index contributed by atoms with van der Waals surface area (Å²) in [5, 5.41) is 10.2. The maximum Gasteiger partial charge on any atom is 0.0540 e. The van der Waals surface area contributed by atoms with E-state index in [9.17, 15) is 0 Å². The van der Waals surface area contributed by atoms with Crippen LogP contribution >= 0.6 is 11.3 Å². The van der Waals surface area contributed by atoms with Gasteiger partial charge in [0.15, 0.2) is 0 Å². The maximum atomic E-state index is 2.41. The second-order valence-corrected chi connectivity index (χ2v) is 15.5. The van der Waals surface area contributed by atoms with Crippen LogP contribution in [0.4, 0.5) is 17.1 Å². The maximum absolute atomic E-state index is 2.41. The Labute approximate surface area is 330 Å². The first-order chi connectivity index (χ1) is 27.8. The largest absolute Gasteiger partial charge is 0.310 e. The van der Waals surface area contributed by atoms with E-state index in [0.717, 1.165) is 17.1 Å². The molecule has 1 nitrogen and oxygen atoms in total. The highest BCUT2D eigenvalue weighted by atomic mass is 32.1. The van der Waals surface area contributed by atoms with Crippen LogP contribution in [0.15, 0.2) is 212 Å². The minimum absolute atomic E-state index is 1.10. The number of fused-ring (bicyclic) bond motifs is 7. The summed E-state index contributed by atoms with van der Waals surface area (Å²) < 4.78 is 2.65. The van der Waals surface area contributed by atoms with Crippen molar-refractivity contribution in [1.82, 2.24) is 0 Å². The van der Waals surface area contributed by atoms with E-state index in [2.05, 4.69) is 217 Å². The number of rotatable bonds is 6. The van der Waals surface area contributed by atoms with Crippen LogP contribution in [0.2, 0.25) is 0 Å². The summed E-state index contributed by atoms with van der Waals surface area (Å²) in [5.74, 6) is 0. The molecular formula is C54H35NS. The summed E-state index contributed by atoms with van der Waals surface area (Å²) in [6.07, 6.45) is 0. The Morgan fingerprint density at radius 2 is 0.857 bits per heavy atom. The van der Waals surface area contributed by atoms with Crippen LogP contribution in [-0.4, -0.2) is 0 Å². The van der Waals surface area contributed by atoms with Gasteiger partial charge in [0.25, 0.3) is 0 Å². The van der Waals surface area contributed by atoms with E-state index in [4.69, 9.17) is 0 Å². The lowest BCUT2D eigenvalue weighted by atomic mass is 9.93. The van der Waals surface area contributed by atoms with Crippen LogP contribution in [0.1, 0.15) is 0 Å². The lowest BCUT2D eigenvalue weighted by Crippen LogP contribution is -2.11. The monoisotopic (exact) mass is 729 g/mol. The first kappa shape index (κ1) is 32.4. The van der Waals surface area contributed by atoms with E-state index in [-0.39, 0.29) is 0 Å². The second-order valence-electron chi connectivity index (χ2n) is 14.5. The number of anilines is 3. The van der Waals surface area contributed by atoms with Gasteiger partial charge in [-0.3, -0.25) is 0 Å². The van der Waals surface area contributed by atoms with E-state index in [1.807, 2.05) is 11.3 Å². The first-order valence-electron chi connectivity index (χ1n) is 19.2. The van der Waals surface area contributed by atoms with E-state index >= 15 is 0 Å². The zero-order valence-corrected chi connectivity index (χ0v) is 31.4. The zero-order chi connectivity index (χ0) is 37.0. The highest BCUT2D eigenvalue weighted by Gasteiger charge is 2.19. The summed E-state index contributed by atoms with van der Waals surface area (Å²) in [6.45, 7) is 0. The fourth-order valence-corrected chi connectivity index (χ4v) is 9.78. The molecule has 0 atom stereocenters. The molecule has 56 heavy (non-hydrogen) atoms. The van der Waals surface area contributed by atoms with E-state index in [1.165, 1.54) is 85.9 Å². The molecule has 1 heterocycles. The van der Waals surface area contributed by atoms with Crippen molar-refractivity contribution < 1.29 is 0 Å². The Morgan fingerprint density at radius 1 is 0.304 bits per heavy atom. The lowest BCUT2D eigenvalue weighted by Gasteiger charge is -2.28. The predicted octanol–water partition coefficient (Wildman–Crippen LogP) is 16.0. The highest BCUT2D eigenvalue weighted by molar-refractivity contribution is 7.26. The molecule has 10 aromatic carbocycles. The van der Waals surface area contributed by atoms with Gasteiger partial charge in [-0.25, -0.2) is 0 Å². The number of hydrogen-bond acceptors (Lipinski definition) is 2. The summed E-state index contributed by atoms with van der Waals surface area (Å²) in [6, 6.07) is 77.7. The summed E-state index contributed by atoms with van der Waals surface area (Å²) in [5.41, 5.74) is 10.6. The number of para-hydroxylation sites is 1. The van der Waals surface area contributed by atoms with Gasteiger partial charge in [0.2, 0.25) is 0 Å². The van der Waals surface area contributed by atoms with Crippen LogP contribution in [0, 0.1) is 0 Å². The minimum atomic E-state index is 1.10. The Balaban J connectivity index is 1.06. The summed E-state index contributed by atoms with van der Waals surface area (Å²) >= 11 is 1.88. The molecule has 0 bridgehead atoms. The zero-order valence-electron chi connectivity index (χ0n) is 30.6. The van der Waals surface area contributed by atoms with Gasteiger partial charge in [-0.05, 0) is 109 Å². The van der Waals surface area contributed by atoms with Gasteiger partial charge in [-0.1, -0.05) is 164 Å². The van der Waals surface area contributed by atoms with Gasteiger partial charge in [0, 0.05) is 37.1 Å². The number of benzene rings is 10. The summed E-state index contributed by atoms with van der Waals surface area (Å²) in [7, 11) is 0. The molecule has 0 saturated carbocycles.